The minimum absolute atomic E-state index is 0.342. The molecule has 1 aromatic rings. The second kappa shape index (κ2) is 3.89. The molecule has 0 aromatic carbocycles. The van der Waals surface area contributed by atoms with Gasteiger partial charge < -0.3 is 10.8 Å². The van der Waals surface area contributed by atoms with Crippen molar-refractivity contribution in [3.63, 3.8) is 0 Å². The summed E-state index contributed by atoms with van der Waals surface area (Å²) in [5.41, 5.74) is 6.04. The van der Waals surface area contributed by atoms with Crippen molar-refractivity contribution in [1.29, 1.82) is 0 Å². The van der Waals surface area contributed by atoms with E-state index in [1.807, 2.05) is 11.3 Å². The average molecular weight is 225 g/mol. The van der Waals surface area contributed by atoms with Crippen molar-refractivity contribution < 1.29 is 5.11 Å². The quantitative estimate of drug-likeness (QED) is 0.811. The summed E-state index contributed by atoms with van der Waals surface area (Å²) < 4.78 is 0. The maximum absolute atomic E-state index is 10.4. The van der Waals surface area contributed by atoms with E-state index in [9.17, 15) is 5.11 Å². The number of hydrogen-bond acceptors (Lipinski definition) is 3. The summed E-state index contributed by atoms with van der Waals surface area (Å²) in [4.78, 5) is 2.71. The van der Waals surface area contributed by atoms with Gasteiger partial charge in [0.05, 0.1) is 0 Å². The Bertz CT molecular complexity index is 359. The number of hydrogen-bond donors (Lipinski definition) is 2. The third-order valence-electron chi connectivity index (χ3n) is 3.23. The van der Waals surface area contributed by atoms with Crippen LogP contribution in [0.25, 0.3) is 0 Å². The number of rotatable bonds is 2. The fourth-order valence-corrected chi connectivity index (χ4v) is 3.50. The van der Waals surface area contributed by atoms with Gasteiger partial charge in [0.25, 0.3) is 0 Å². The lowest BCUT2D eigenvalue weighted by Crippen LogP contribution is -2.37. The molecular formula is C12H19NOS. The normalized spacial score (nSPS) is 25.7. The molecule has 1 unspecified atom stereocenters. The van der Waals surface area contributed by atoms with Crippen LogP contribution in [0.4, 0.5) is 0 Å². The zero-order valence-electron chi connectivity index (χ0n) is 9.42. The minimum Gasteiger partial charge on any atom is -0.384 e. The molecule has 84 valence electrons. The van der Waals surface area contributed by atoms with Gasteiger partial charge in [-0.3, -0.25) is 0 Å². The molecule has 0 radical (unpaired) electrons. The fourth-order valence-electron chi connectivity index (χ4n) is 2.20. The molecule has 0 bridgehead atoms. The molecule has 1 aliphatic rings. The number of thiophene rings is 1. The molecule has 1 heterocycles. The van der Waals surface area contributed by atoms with Crippen LogP contribution in [0.15, 0.2) is 6.07 Å². The van der Waals surface area contributed by atoms with Crippen molar-refractivity contribution >= 4 is 11.3 Å². The highest BCUT2D eigenvalue weighted by Crippen LogP contribution is 2.41. The van der Waals surface area contributed by atoms with Gasteiger partial charge in [0, 0.05) is 16.3 Å². The minimum atomic E-state index is -0.753. The predicted molar refractivity (Wildman–Crippen MR) is 64.3 cm³/mol. The molecule has 0 saturated carbocycles. The van der Waals surface area contributed by atoms with Gasteiger partial charge in [0.1, 0.15) is 5.60 Å². The maximum atomic E-state index is 10.4. The highest BCUT2D eigenvalue weighted by atomic mass is 32.1. The lowest BCUT2D eigenvalue weighted by Gasteiger charge is -2.31. The first kappa shape index (κ1) is 11.1. The van der Waals surface area contributed by atoms with Gasteiger partial charge in [-0.25, -0.2) is 0 Å². The Balaban J connectivity index is 2.43. The highest BCUT2D eigenvalue weighted by Gasteiger charge is 2.34. The van der Waals surface area contributed by atoms with Crippen molar-refractivity contribution in [2.24, 2.45) is 5.73 Å². The Morgan fingerprint density at radius 1 is 1.60 bits per heavy atom. The summed E-state index contributed by atoms with van der Waals surface area (Å²) in [6.07, 6.45) is 2.97. The van der Waals surface area contributed by atoms with Gasteiger partial charge in [-0.05, 0) is 36.8 Å². The Labute approximate surface area is 95.1 Å². The van der Waals surface area contributed by atoms with Crippen LogP contribution < -0.4 is 5.73 Å². The lowest BCUT2D eigenvalue weighted by molar-refractivity contribution is 0.0288. The molecule has 0 aliphatic heterocycles. The molecule has 3 N–H and O–H groups in total. The maximum Gasteiger partial charge on any atom is 0.103 e. The van der Waals surface area contributed by atoms with E-state index in [0.717, 1.165) is 24.8 Å². The first-order valence-electron chi connectivity index (χ1n) is 5.62. The van der Waals surface area contributed by atoms with Gasteiger partial charge in [0.2, 0.25) is 0 Å². The molecule has 0 spiro atoms. The second-order valence-electron chi connectivity index (χ2n) is 4.73. The molecule has 2 nitrogen and oxygen atoms in total. The van der Waals surface area contributed by atoms with Crippen LogP contribution in [0.3, 0.4) is 0 Å². The average Bonchev–Trinajstić information content (AvgIpc) is 2.63. The van der Waals surface area contributed by atoms with Crippen LogP contribution in [-0.2, 0) is 12.0 Å². The third kappa shape index (κ3) is 1.84. The van der Waals surface area contributed by atoms with E-state index in [1.54, 1.807) is 0 Å². The number of aryl methyl sites for hydroxylation is 1. The topological polar surface area (TPSA) is 46.2 Å². The van der Waals surface area contributed by atoms with E-state index in [2.05, 4.69) is 19.9 Å². The lowest BCUT2D eigenvalue weighted by atomic mass is 9.83. The molecule has 15 heavy (non-hydrogen) atoms. The van der Waals surface area contributed by atoms with Crippen molar-refractivity contribution in [2.45, 2.75) is 44.6 Å². The van der Waals surface area contributed by atoms with Crippen molar-refractivity contribution in [3.05, 3.63) is 21.4 Å². The van der Waals surface area contributed by atoms with Gasteiger partial charge in [0.15, 0.2) is 0 Å². The molecule has 1 atom stereocenters. The number of nitrogens with two attached hydrogens (primary N) is 1. The largest absolute Gasteiger partial charge is 0.384 e. The van der Waals surface area contributed by atoms with Crippen LogP contribution in [0, 0.1) is 0 Å². The zero-order chi connectivity index (χ0) is 11.1. The summed E-state index contributed by atoms with van der Waals surface area (Å²) >= 11 is 1.85. The van der Waals surface area contributed by atoms with Crippen LogP contribution in [0.5, 0.6) is 0 Å². The SMILES string of the molecule is CC(C)c1cc2c(s1)CCCC2(O)CN. The van der Waals surface area contributed by atoms with Crippen LogP contribution in [0.2, 0.25) is 0 Å². The molecule has 0 fully saturated rings. The van der Waals surface area contributed by atoms with Crippen LogP contribution >= 0.6 is 11.3 Å². The van der Waals surface area contributed by atoms with Crippen molar-refractivity contribution in [2.75, 3.05) is 6.54 Å². The molecular weight excluding hydrogens is 206 g/mol. The van der Waals surface area contributed by atoms with Crippen molar-refractivity contribution in [3.8, 4) is 0 Å². The molecule has 0 saturated heterocycles. The monoisotopic (exact) mass is 225 g/mol. The summed E-state index contributed by atoms with van der Waals surface area (Å²) in [6.45, 7) is 4.73. The standard InChI is InChI=1S/C12H19NOS/c1-8(2)11-6-9-10(15-11)4-3-5-12(9,14)7-13/h6,8,14H,3-5,7,13H2,1-2H3. The molecule has 0 amide bonds. The second-order valence-corrected chi connectivity index (χ2v) is 5.90. The third-order valence-corrected chi connectivity index (χ3v) is 4.73. The predicted octanol–water partition coefficient (Wildman–Crippen LogP) is 2.35. The molecule has 1 aliphatic carbocycles. The number of fused-ring (bicyclic) bond motifs is 1. The Morgan fingerprint density at radius 3 is 2.93 bits per heavy atom. The van der Waals surface area contributed by atoms with Gasteiger partial charge in [-0.1, -0.05) is 13.8 Å². The Kier molecular flexibility index (Phi) is 2.88. The molecule has 1 aromatic heterocycles. The van der Waals surface area contributed by atoms with E-state index in [-0.39, 0.29) is 0 Å². The Morgan fingerprint density at radius 2 is 2.33 bits per heavy atom. The van der Waals surface area contributed by atoms with E-state index in [1.165, 1.54) is 9.75 Å². The van der Waals surface area contributed by atoms with Gasteiger partial charge in [-0.2, -0.15) is 0 Å². The smallest absolute Gasteiger partial charge is 0.103 e. The van der Waals surface area contributed by atoms with E-state index in [4.69, 9.17) is 5.73 Å². The summed E-state index contributed by atoms with van der Waals surface area (Å²) in [5, 5.41) is 10.4. The molecule has 2 rings (SSSR count). The van der Waals surface area contributed by atoms with Crippen LogP contribution in [0.1, 0.15) is 47.9 Å². The van der Waals surface area contributed by atoms with Gasteiger partial charge in [-0.15, -0.1) is 11.3 Å². The van der Waals surface area contributed by atoms with E-state index >= 15 is 0 Å². The highest BCUT2D eigenvalue weighted by molar-refractivity contribution is 7.12. The summed E-state index contributed by atoms with van der Waals surface area (Å²) in [5.74, 6) is 0.544. The molecule has 3 heteroatoms. The summed E-state index contributed by atoms with van der Waals surface area (Å²) in [6, 6.07) is 2.16. The first-order valence-corrected chi connectivity index (χ1v) is 6.44. The summed E-state index contributed by atoms with van der Waals surface area (Å²) in [7, 11) is 0. The van der Waals surface area contributed by atoms with Gasteiger partial charge >= 0.3 is 0 Å². The zero-order valence-corrected chi connectivity index (χ0v) is 10.2. The van der Waals surface area contributed by atoms with Crippen LogP contribution in [-0.4, -0.2) is 11.7 Å². The Hall–Kier alpha value is -0.380. The number of aliphatic hydroxyl groups is 1. The fraction of sp³-hybridized carbons (Fsp3) is 0.667. The van der Waals surface area contributed by atoms with Crippen molar-refractivity contribution in [1.82, 2.24) is 0 Å². The van der Waals surface area contributed by atoms with E-state index < -0.39 is 5.60 Å². The van der Waals surface area contributed by atoms with E-state index in [0.29, 0.717) is 12.5 Å². The first-order chi connectivity index (χ1) is 7.07.